The van der Waals surface area contributed by atoms with Crippen molar-refractivity contribution in [2.45, 2.75) is 19.1 Å². The van der Waals surface area contributed by atoms with Crippen molar-refractivity contribution in [3.05, 3.63) is 58.0 Å². The van der Waals surface area contributed by atoms with Crippen LogP contribution in [0.2, 0.25) is 0 Å². The van der Waals surface area contributed by atoms with Crippen molar-refractivity contribution in [2.24, 2.45) is 0 Å². The van der Waals surface area contributed by atoms with E-state index < -0.39 is 6.10 Å². The predicted octanol–water partition coefficient (Wildman–Crippen LogP) is 3.27. The van der Waals surface area contributed by atoms with Crippen LogP contribution in [0.1, 0.15) is 29.5 Å². The fourth-order valence-corrected chi connectivity index (χ4v) is 2.54. The van der Waals surface area contributed by atoms with Gasteiger partial charge in [-0.25, -0.2) is 4.39 Å². The lowest BCUT2D eigenvalue weighted by atomic mass is 10.1. The Bertz CT molecular complexity index is 486. The quantitative estimate of drug-likeness (QED) is 0.869. The van der Waals surface area contributed by atoms with Crippen LogP contribution in [0.5, 0.6) is 0 Å². The van der Waals surface area contributed by atoms with Crippen LogP contribution in [0, 0.1) is 5.82 Å². The maximum Gasteiger partial charge on any atom is 0.129 e. The van der Waals surface area contributed by atoms with Gasteiger partial charge in [-0.05, 0) is 24.4 Å². The van der Waals surface area contributed by atoms with Crippen molar-refractivity contribution in [3.63, 3.8) is 0 Å². The number of rotatable bonds is 5. The summed E-state index contributed by atoms with van der Waals surface area (Å²) in [6.45, 7) is 2.36. The highest BCUT2D eigenvalue weighted by Gasteiger charge is 2.13. The van der Waals surface area contributed by atoms with Gasteiger partial charge in [-0.1, -0.05) is 24.3 Å². The Hall–Kier alpha value is -1.23. The zero-order chi connectivity index (χ0) is 13.0. The Morgan fingerprint density at radius 3 is 2.72 bits per heavy atom. The molecule has 0 aliphatic rings. The average molecular weight is 265 g/mol. The summed E-state index contributed by atoms with van der Waals surface area (Å²) in [5.74, 6) is -0.365. The number of nitrogens with one attached hydrogen (secondary N) is 1. The maximum atomic E-state index is 13.5. The van der Waals surface area contributed by atoms with Crippen LogP contribution in [0.4, 0.5) is 4.39 Å². The summed E-state index contributed by atoms with van der Waals surface area (Å²) in [5.41, 5.74) is 0.336. The summed E-state index contributed by atoms with van der Waals surface area (Å²) in [5, 5.41) is 15.2. The molecule has 0 aliphatic heterocycles. The van der Waals surface area contributed by atoms with Crippen LogP contribution in [-0.2, 0) is 0 Å². The topological polar surface area (TPSA) is 32.3 Å². The zero-order valence-electron chi connectivity index (χ0n) is 10.1. The average Bonchev–Trinajstić information content (AvgIpc) is 2.90. The van der Waals surface area contributed by atoms with Gasteiger partial charge in [0.05, 0.1) is 6.10 Å². The lowest BCUT2D eigenvalue weighted by Crippen LogP contribution is -2.24. The first-order valence-corrected chi connectivity index (χ1v) is 6.75. The van der Waals surface area contributed by atoms with Gasteiger partial charge in [0.25, 0.3) is 0 Å². The van der Waals surface area contributed by atoms with Crippen molar-refractivity contribution in [1.82, 2.24) is 5.32 Å². The van der Waals surface area contributed by atoms with E-state index >= 15 is 0 Å². The summed E-state index contributed by atoms with van der Waals surface area (Å²) in [6.07, 6.45) is -0.825. The molecule has 0 radical (unpaired) electrons. The molecule has 18 heavy (non-hydrogen) atoms. The second-order valence-electron chi connectivity index (χ2n) is 4.18. The molecule has 1 aromatic heterocycles. The van der Waals surface area contributed by atoms with Crippen molar-refractivity contribution in [2.75, 3.05) is 6.54 Å². The fraction of sp³-hybridized carbons (Fsp3) is 0.286. The predicted molar refractivity (Wildman–Crippen MR) is 72.1 cm³/mol. The van der Waals surface area contributed by atoms with Gasteiger partial charge in [0.15, 0.2) is 0 Å². The molecule has 0 saturated heterocycles. The molecule has 0 saturated carbocycles. The second kappa shape index (κ2) is 6.09. The molecule has 0 aliphatic carbocycles. The molecule has 0 bridgehead atoms. The highest BCUT2D eigenvalue weighted by Crippen LogP contribution is 2.20. The van der Waals surface area contributed by atoms with Crippen LogP contribution < -0.4 is 5.32 Å². The smallest absolute Gasteiger partial charge is 0.129 e. The van der Waals surface area contributed by atoms with Crippen molar-refractivity contribution >= 4 is 11.3 Å². The lowest BCUT2D eigenvalue weighted by molar-refractivity contribution is 0.166. The molecule has 2 nitrogen and oxygen atoms in total. The second-order valence-corrected chi connectivity index (χ2v) is 5.16. The van der Waals surface area contributed by atoms with Crippen LogP contribution in [0.15, 0.2) is 41.8 Å². The minimum Gasteiger partial charge on any atom is -0.387 e. The van der Waals surface area contributed by atoms with Gasteiger partial charge < -0.3 is 10.4 Å². The highest BCUT2D eigenvalue weighted by molar-refractivity contribution is 7.10. The molecule has 0 spiro atoms. The van der Waals surface area contributed by atoms with E-state index in [1.54, 1.807) is 29.5 Å². The first-order valence-electron chi connectivity index (χ1n) is 5.87. The number of hydrogen-bond acceptors (Lipinski definition) is 3. The summed E-state index contributed by atoms with van der Waals surface area (Å²) >= 11 is 1.66. The van der Waals surface area contributed by atoms with Crippen LogP contribution in [-0.4, -0.2) is 11.7 Å². The van der Waals surface area contributed by atoms with Crippen LogP contribution >= 0.6 is 11.3 Å². The van der Waals surface area contributed by atoms with Gasteiger partial charge in [-0.2, -0.15) is 0 Å². The number of aliphatic hydroxyl groups is 1. The normalized spacial score (nSPS) is 14.4. The minimum absolute atomic E-state index is 0.159. The molecule has 2 rings (SSSR count). The molecule has 0 amide bonds. The standard InChI is InChI=1S/C14H16FNOS/c1-10(14-7-4-8-18-14)16-9-13(17)11-5-2-3-6-12(11)15/h2-8,10,13,16-17H,9H2,1H3/t10-,13?/m1/s1. The van der Waals surface area contributed by atoms with Gasteiger partial charge in [-0.3, -0.25) is 0 Å². The maximum absolute atomic E-state index is 13.5. The van der Waals surface area contributed by atoms with E-state index in [2.05, 4.69) is 5.32 Å². The first kappa shape index (κ1) is 13.2. The Morgan fingerprint density at radius 1 is 1.28 bits per heavy atom. The molecular formula is C14H16FNOS. The van der Waals surface area contributed by atoms with Crippen molar-refractivity contribution < 1.29 is 9.50 Å². The summed E-state index contributed by atoms with van der Waals surface area (Å²) in [7, 11) is 0. The van der Waals surface area contributed by atoms with E-state index in [0.717, 1.165) is 0 Å². The molecular weight excluding hydrogens is 249 g/mol. The highest BCUT2D eigenvalue weighted by atomic mass is 32.1. The van der Waals surface area contributed by atoms with Gasteiger partial charge in [0.2, 0.25) is 0 Å². The Labute approximate surface area is 110 Å². The number of thiophene rings is 1. The van der Waals surface area contributed by atoms with E-state index in [-0.39, 0.29) is 11.9 Å². The van der Waals surface area contributed by atoms with E-state index in [4.69, 9.17) is 0 Å². The molecule has 2 atom stereocenters. The third-order valence-corrected chi connectivity index (χ3v) is 3.91. The van der Waals surface area contributed by atoms with Gasteiger partial charge in [0, 0.05) is 23.0 Å². The Balaban J connectivity index is 1.93. The molecule has 1 aromatic carbocycles. The largest absolute Gasteiger partial charge is 0.387 e. The summed E-state index contributed by atoms with van der Waals surface area (Å²) in [4.78, 5) is 1.20. The zero-order valence-corrected chi connectivity index (χ0v) is 11.0. The Kier molecular flexibility index (Phi) is 4.47. The minimum atomic E-state index is -0.825. The number of aliphatic hydroxyl groups excluding tert-OH is 1. The van der Waals surface area contributed by atoms with Crippen LogP contribution in [0.3, 0.4) is 0 Å². The van der Waals surface area contributed by atoms with E-state index in [1.807, 2.05) is 24.4 Å². The number of halogens is 1. The number of hydrogen-bond donors (Lipinski definition) is 2. The summed E-state index contributed by atoms with van der Waals surface area (Å²) in [6, 6.07) is 10.5. The lowest BCUT2D eigenvalue weighted by Gasteiger charge is -2.16. The molecule has 2 aromatic rings. The summed E-state index contributed by atoms with van der Waals surface area (Å²) < 4.78 is 13.5. The van der Waals surface area contributed by atoms with Crippen LogP contribution in [0.25, 0.3) is 0 Å². The van der Waals surface area contributed by atoms with Gasteiger partial charge in [-0.15, -0.1) is 11.3 Å². The SMILES string of the molecule is C[C@@H](NCC(O)c1ccccc1F)c1cccs1. The number of benzene rings is 1. The molecule has 2 N–H and O–H groups in total. The van der Waals surface area contributed by atoms with E-state index in [9.17, 15) is 9.50 Å². The fourth-order valence-electron chi connectivity index (χ4n) is 1.78. The molecule has 1 heterocycles. The van der Waals surface area contributed by atoms with E-state index in [0.29, 0.717) is 12.1 Å². The van der Waals surface area contributed by atoms with E-state index in [1.165, 1.54) is 10.9 Å². The third-order valence-electron chi connectivity index (χ3n) is 2.85. The Morgan fingerprint density at radius 2 is 2.06 bits per heavy atom. The molecule has 96 valence electrons. The molecule has 0 fully saturated rings. The molecule has 1 unspecified atom stereocenters. The third kappa shape index (κ3) is 3.16. The van der Waals surface area contributed by atoms with Gasteiger partial charge >= 0.3 is 0 Å². The van der Waals surface area contributed by atoms with Crippen molar-refractivity contribution in [3.8, 4) is 0 Å². The monoisotopic (exact) mass is 265 g/mol. The van der Waals surface area contributed by atoms with Gasteiger partial charge in [0.1, 0.15) is 5.82 Å². The van der Waals surface area contributed by atoms with Crippen molar-refractivity contribution in [1.29, 1.82) is 0 Å². The molecule has 4 heteroatoms. The first-order chi connectivity index (χ1) is 8.68.